The molecule has 2 N–H and O–H groups in total. The van der Waals surface area contributed by atoms with Crippen LogP contribution in [-0.2, 0) is 22.4 Å². The molecule has 0 radical (unpaired) electrons. The molecule has 4 aromatic rings. The Kier molecular flexibility index (Phi) is 6.86. The lowest BCUT2D eigenvalue weighted by atomic mass is 9.98. The number of carbonyl (C=O) groups is 2. The van der Waals surface area contributed by atoms with Crippen LogP contribution in [-0.4, -0.2) is 17.2 Å². The zero-order valence-corrected chi connectivity index (χ0v) is 20.5. The maximum Gasteiger partial charge on any atom is 0.412 e. The van der Waals surface area contributed by atoms with E-state index < -0.39 is 12.1 Å². The summed E-state index contributed by atoms with van der Waals surface area (Å²) in [5.74, 6) is -0.842. The molecule has 0 aromatic heterocycles. The van der Waals surface area contributed by atoms with E-state index in [-0.39, 0.29) is 12.5 Å². The summed E-state index contributed by atoms with van der Waals surface area (Å²) >= 11 is 0. The van der Waals surface area contributed by atoms with E-state index >= 15 is 0 Å². The summed E-state index contributed by atoms with van der Waals surface area (Å²) in [6.07, 6.45) is -0.138. The lowest BCUT2D eigenvalue weighted by Gasteiger charge is -2.16. The summed E-state index contributed by atoms with van der Waals surface area (Å²) in [5, 5.41) is 12.0. The third-order valence-electron chi connectivity index (χ3n) is 6.61. The van der Waals surface area contributed by atoms with E-state index in [1.165, 1.54) is 0 Å². The van der Waals surface area contributed by atoms with Gasteiger partial charge in [0.1, 0.15) is 6.10 Å². The molecule has 1 aliphatic rings. The van der Waals surface area contributed by atoms with Crippen molar-refractivity contribution in [3.05, 3.63) is 131 Å². The maximum atomic E-state index is 12.9. The summed E-state index contributed by atoms with van der Waals surface area (Å²) in [7, 11) is 0. The number of hydrogen-bond acceptors (Lipinski definition) is 3. The summed E-state index contributed by atoms with van der Waals surface area (Å²) in [6.45, 7) is 1.86. The van der Waals surface area contributed by atoms with Crippen LogP contribution >= 0.6 is 0 Å². The first-order valence-corrected chi connectivity index (χ1v) is 12.2. The summed E-state index contributed by atoms with van der Waals surface area (Å²) < 4.78 is 5.69. The van der Waals surface area contributed by atoms with Crippen LogP contribution in [0.25, 0.3) is 22.4 Å². The molecule has 0 aliphatic heterocycles. The summed E-state index contributed by atoms with van der Waals surface area (Å²) in [5.41, 5.74) is 8.74. The number of aliphatic carboxylic acids is 1. The van der Waals surface area contributed by atoms with E-state index in [2.05, 4.69) is 23.5 Å². The first-order chi connectivity index (χ1) is 18.0. The predicted molar refractivity (Wildman–Crippen MR) is 145 cm³/mol. The van der Waals surface area contributed by atoms with E-state index in [1.54, 1.807) is 0 Å². The van der Waals surface area contributed by atoms with Gasteiger partial charge in [-0.25, -0.2) is 4.79 Å². The largest absolute Gasteiger partial charge is 0.481 e. The van der Waals surface area contributed by atoms with Gasteiger partial charge in [0.05, 0.1) is 12.1 Å². The van der Waals surface area contributed by atoms with Gasteiger partial charge in [-0.15, -0.1) is 0 Å². The minimum absolute atomic E-state index is 0.0102. The third-order valence-corrected chi connectivity index (χ3v) is 6.61. The number of carboxylic acids is 1. The van der Waals surface area contributed by atoms with Gasteiger partial charge in [-0.1, -0.05) is 103 Å². The molecule has 0 fully saturated rings. The molecule has 0 bridgehead atoms. The second kappa shape index (κ2) is 10.5. The highest BCUT2D eigenvalue weighted by molar-refractivity contribution is 6.00. The number of rotatable bonds is 7. The van der Waals surface area contributed by atoms with E-state index in [4.69, 9.17) is 9.84 Å². The molecule has 5 rings (SSSR count). The van der Waals surface area contributed by atoms with Gasteiger partial charge in [0.15, 0.2) is 0 Å². The average molecular weight is 490 g/mol. The van der Waals surface area contributed by atoms with Crippen molar-refractivity contribution in [2.75, 3.05) is 0 Å². The number of hydrogen-bond donors (Lipinski definition) is 2. The fourth-order valence-corrected chi connectivity index (χ4v) is 4.69. The highest BCUT2D eigenvalue weighted by Gasteiger charge is 2.25. The Balaban J connectivity index is 1.38. The van der Waals surface area contributed by atoms with Crippen LogP contribution in [0.3, 0.4) is 0 Å². The molecular formula is C32H27NO4. The number of carboxylic acid groups (broad SMARTS) is 1. The fraction of sp³-hybridized carbons (Fsp3) is 0.125. The molecule has 184 valence electrons. The Morgan fingerprint density at radius 1 is 0.811 bits per heavy atom. The zero-order chi connectivity index (χ0) is 25.8. The van der Waals surface area contributed by atoms with Crippen LogP contribution in [0, 0.1) is 0 Å². The number of ether oxygens (including phenoxy) is 1. The Bertz CT molecular complexity index is 1460. The van der Waals surface area contributed by atoms with Gasteiger partial charge in [0.2, 0.25) is 0 Å². The lowest BCUT2D eigenvalue weighted by molar-refractivity contribution is -0.136. The van der Waals surface area contributed by atoms with Crippen molar-refractivity contribution in [3.63, 3.8) is 0 Å². The third kappa shape index (κ3) is 5.46. The van der Waals surface area contributed by atoms with Crippen molar-refractivity contribution in [1.82, 2.24) is 5.32 Å². The van der Waals surface area contributed by atoms with Crippen LogP contribution < -0.4 is 5.32 Å². The summed E-state index contributed by atoms with van der Waals surface area (Å²) in [4.78, 5) is 23.8. The van der Waals surface area contributed by atoms with Gasteiger partial charge in [-0.05, 0) is 45.9 Å². The fourth-order valence-electron chi connectivity index (χ4n) is 4.69. The number of benzene rings is 4. The van der Waals surface area contributed by atoms with Crippen LogP contribution in [0.1, 0.15) is 40.8 Å². The number of carbonyl (C=O) groups excluding carboxylic acids is 1. The smallest absolute Gasteiger partial charge is 0.412 e. The van der Waals surface area contributed by atoms with Gasteiger partial charge in [-0.3, -0.25) is 10.1 Å². The Labute approximate surface area is 216 Å². The van der Waals surface area contributed by atoms with Crippen molar-refractivity contribution >= 4 is 23.3 Å². The maximum absolute atomic E-state index is 12.9. The Morgan fingerprint density at radius 3 is 2.08 bits per heavy atom. The molecule has 4 aromatic carbocycles. The quantitative estimate of drug-likeness (QED) is 0.296. The van der Waals surface area contributed by atoms with Gasteiger partial charge in [0.25, 0.3) is 0 Å². The molecule has 1 unspecified atom stereocenters. The molecule has 0 spiro atoms. The molecule has 1 aliphatic carbocycles. The number of fused-ring (bicyclic) bond motifs is 1. The molecule has 1 atom stereocenters. The SMILES string of the molecule is CC(OC(=O)NC1=C(c2ccc(-c3ccc(CC(=O)O)cc3)cc2)Cc2ccccc21)c1ccccc1. The highest BCUT2D eigenvalue weighted by atomic mass is 16.6. The van der Waals surface area contributed by atoms with Crippen LogP contribution in [0.4, 0.5) is 4.79 Å². The predicted octanol–water partition coefficient (Wildman–Crippen LogP) is 6.89. The topological polar surface area (TPSA) is 75.6 Å². The molecule has 0 heterocycles. The van der Waals surface area contributed by atoms with E-state index in [1.807, 2.05) is 91.9 Å². The first-order valence-electron chi connectivity index (χ1n) is 12.2. The van der Waals surface area contributed by atoms with Gasteiger partial charge < -0.3 is 9.84 Å². The van der Waals surface area contributed by atoms with E-state index in [0.717, 1.165) is 50.2 Å². The molecule has 5 heteroatoms. The van der Waals surface area contributed by atoms with Crippen molar-refractivity contribution in [3.8, 4) is 11.1 Å². The second-order valence-electron chi connectivity index (χ2n) is 9.12. The summed E-state index contributed by atoms with van der Waals surface area (Å²) in [6, 6.07) is 33.5. The van der Waals surface area contributed by atoms with Crippen LogP contribution in [0.5, 0.6) is 0 Å². The zero-order valence-electron chi connectivity index (χ0n) is 20.5. The van der Waals surface area contributed by atoms with Gasteiger partial charge >= 0.3 is 12.1 Å². The molecular weight excluding hydrogens is 462 g/mol. The second-order valence-corrected chi connectivity index (χ2v) is 9.12. The number of nitrogens with one attached hydrogen (secondary N) is 1. The molecule has 1 amide bonds. The highest BCUT2D eigenvalue weighted by Crippen LogP contribution is 2.37. The van der Waals surface area contributed by atoms with E-state index in [9.17, 15) is 9.59 Å². The van der Waals surface area contributed by atoms with Crippen molar-refractivity contribution in [2.45, 2.75) is 25.9 Å². The van der Waals surface area contributed by atoms with Crippen molar-refractivity contribution < 1.29 is 19.4 Å². The monoisotopic (exact) mass is 489 g/mol. The van der Waals surface area contributed by atoms with Gasteiger partial charge in [-0.2, -0.15) is 0 Å². The number of allylic oxidation sites excluding steroid dienone is 1. The molecule has 0 saturated carbocycles. The average Bonchev–Trinajstić information content (AvgIpc) is 3.27. The normalized spacial score (nSPS) is 13.1. The molecule has 5 nitrogen and oxygen atoms in total. The number of amides is 1. The Hall–Kier alpha value is -4.64. The first kappa shape index (κ1) is 24.1. The number of alkyl carbamates (subject to hydrolysis) is 1. The molecule has 0 saturated heterocycles. The lowest BCUT2D eigenvalue weighted by Crippen LogP contribution is -2.24. The van der Waals surface area contributed by atoms with Crippen LogP contribution in [0.15, 0.2) is 103 Å². The van der Waals surface area contributed by atoms with Crippen molar-refractivity contribution in [2.24, 2.45) is 0 Å². The van der Waals surface area contributed by atoms with Crippen LogP contribution in [0.2, 0.25) is 0 Å². The van der Waals surface area contributed by atoms with Gasteiger partial charge in [0, 0.05) is 12.0 Å². The minimum atomic E-state index is -0.842. The Morgan fingerprint density at radius 2 is 1.41 bits per heavy atom. The molecule has 37 heavy (non-hydrogen) atoms. The van der Waals surface area contributed by atoms with E-state index in [0.29, 0.717) is 6.42 Å². The van der Waals surface area contributed by atoms with Crippen molar-refractivity contribution in [1.29, 1.82) is 0 Å². The standard InChI is InChI=1S/C32H27NO4/c1-21(23-7-3-2-4-8-23)37-32(36)33-31-28-10-6-5-9-27(28)20-29(31)26-17-15-25(16-18-26)24-13-11-22(12-14-24)19-30(34)35/h2-18,21H,19-20H2,1H3,(H,33,36)(H,34,35). The minimum Gasteiger partial charge on any atom is -0.481 e.